The molecule has 0 radical (unpaired) electrons. The van der Waals surface area contributed by atoms with E-state index in [1.54, 1.807) is 0 Å². The molecule has 134 valence electrons. The van der Waals surface area contributed by atoms with Gasteiger partial charge in [-0.1, -0.05) is 30.3 Å². The van der Waals surface area contributed by atoms with E-state index < -0.39 is 15.8 Å². The zero-order valence-electron chi connectivity index (χ0n) is 14.0. The Bertz CT molecular complexity index is 793. The first-order valence-electron chi connectivity index (χ1n) is 7.92. The summed E-state index contributed by atoms with van der Waals surface area (Å²) in [6.45, 7) is 1.65. The normalized spacial score (nSPS) is 11.3. The predicted molar refractivity (Wildman–Crippen MR) is 96.4 cm³/mol. The van der Waals surface area contributed by atoms with Gasteiger partial charge in [0.2, 0.25) is 15.9 Å². The van der Waals surface area contributed by atoms with Gasteiger partial charge in [-0.25, -0.2) is 17.5 Å². The van der Waals surface area contributed by atoms with Crippen molar-refractivity contribution in [1.29, 1.82) is 0 Å². The summed E-state index contributed by atoms with van der Waals surface area (Å²) in [4.78, 5) is 13.2. The summed E-state index contributed by atoms with van der Waals surface area (Å²) in [5.74, 6) is -0.655. The van der Waals surface area contributed by atoms with Crippen LogP contribution in [0.15, 0.2) is 54.6 Å². The molecule has 2 aromatic carbocycles. The molecule has 25 heavy (non-hydrogen) atoms. The maximum atomic E-state index is 13.0. The van der Waals surface area contributed by atoms with E-state index in [-0.39, 0.29) is 24.7 Å². The van der Waals surface area contributed by atoms with Gasteiger partial charge in [0.05, 0.1) is 5.75 Å². The molecule has 0 fully saturated rings. The van der Waals surface area contributed by atoms with Gasteiger partial charge in [-0.05, 0) is 36.2 Å². The van der Waals surface area contributed by atoms with Crippen LogP contribution in [0.25, 0.3) is 0 Å². The van der Waals surface area contributed by atoms with E-state index in [1.807, 2.05) is 30.3 Å². The van der Waals surface area contributed by atoms with Crippen LogP contribution in [-0.2, 0) is 21.2 Å². The first-order chi connectivity index (χ1) is 11.9. The monoisotopic (exact) mass is 364 g/mol. The van der Waals surface area contributed by atoms with Crippen LogP contribution < -0.4 is 9.62 Å². The number of hydrogen-bond acceptors (Lipinski definition) is 3. The maximum Gasteiger partial charge on any atom is 0.223 e. The van der Waals surface area contributed by atoms with Crippen LogP contribution in [0.2, 0.25) is 0 Å². The Balaban J connectivity index is 1.88. The molecule has 0 saturated heterocycles. The van der Waals surface area contributed by atoms with Crippen LogP contribution in [0, 0.1) is 5.82 Å². The molecule has 0 unspecified atom stereocenters. The second-order valence-electron chi connectivity index (χ2n) is 5.60. The van der Waals surface area contributed by atoms with Gasteiger partial charge in [0.1, 0.15) is 5.82 Å². The zero-order chi connectivity index (χ0) is 18.3. The summed E-state index contributed by atoms with van der Waals surface area (Å²) in [5.41, 5.74) is 1.47. The molecule has 2 rings (SSSR count). The molecule has 0 saturated carbocycles. The van der Waals surface area contributed by atoms with Crippen molar-refractivity contribution in [2.45, 2.75) is 13.3 Å². The number of aryl methyl sites for hydroxylation is 1. The molecule has 0 atom stereocenters. The lowest BCUT2D eigenvalue weighted by atomic mass is 10.2. The molecule has 2 aromatic rings. The fourth-order valence-electron chi connectivity index (χ4n) is 2.37. The number of nitrogens with one attached hydrogen (secondary N) is 1. The average Bonchev–Trinajstić information content (AvgIpc) is 2.59. The number of rotatable bonds is 8. The predicted octanol–water partition coefficient (Wildman–Crippen LogP) is 2.34. The van der Waals surface area contributed by atoms with E-state index in [0.717, 1.165) is 5.56 Å². The second kappa shape index (κ2) is 8.73. The molecule has 1 amide bonds. The third-order valence-electron chi connectivity index (χ3n) is 3.68. The van der Waals surface area contributed by atoms with Crippen LogP contribution in [0.4, 0.5) is 10.1 Å². The molecule has 0 aliphatic carbocycles. The van der Waals surface area contributed by atoms with Crippen LogP contribution in [0.1, 0.15) is 12.5 Å². The minimum atomic E-state index is -3.44. The molecule has 0 heterocycles. The minimum absolute atomic E-state index is 0.0202. The number of carbonyl (C=O) groups is 1. The number of nitrogens with zero attached hydrogens (tertiary/aromatic N) is 1. The zero-order valence-corrected chi connectivity index (χ0v) is 14.8. The Morgan fingerprint density at radius 1 is 1.08 bits per heavy atom. The van der Waals surface area contributed by atoms with Gasteiger partial charge in [0, 0.05) is 25.7 Å². The minimum Gasteiger partial charge on any atom is -0.311 e. The molecule has 5 nitrogen and oxygen atoms in total. The highest BCUT2D eigenvalue weighted by molar-refractivity contribution is 7.89. The summed E-state index contributed by atoms with van der Waals surface area (Å²) in [6.07, 6.45) is 0.421. The Hall–Kier alpha value is -2.25. The Labute approximate surface area is 147 Å². The number of hydrogen-bond donors (Lipinski definition) is 1. The quantitative estimate of drug-likeness (QED) is 0.782. The van der Waals surface area contributed by atoms with Crippen molar-refractivity contribution in [1.82, 2.24) is 4.72 Å². The van der Waals surface area contributed by atoms with Crippen LogP contribution >= 0.6 is 0 Å². The molecule has 0 aliphatic rings. The first kappa shape index (κ1) is 19.1. The third-order valence-corrected chi connectivity index (χ3v) is 5.06. The van der Waals surface area contributed by atoms with Crippen molar-refractivity contribution >= 4 is 21.6 Å². The van der Waals surface area contributed by atoms with Crippen LogP contribution in [0.5, 0.6) is 0 Å². The molecule has 0 aromatic heterocycles. The Morgan fingerprint density at radius 2 is 1.72 bits per heavy atom. The van der Waals surface area contributed by atoms with Crippen molar-refractivity contribution in [2.24, 2.45) is 0 Å². The lowest BCUT2D eigenvalue weighted by molar-refractivity contribution is -0.116. The van der Waals surface area contributed by atoms with Gasteiger partial charge in [-0.15, -0.1) is 0 Å². The number of halogens is 1. The van der Waals surface area contributed by atoms with Crippen LogP contribution in [-0.4, -0.2) is 33.2 Å². The lowest BCUT2D eigenvalue weighted by Crippen LogP contribution is -2.38. The smallest absolute Gasteiger partial charge is 0.223 e. The summed E-state index contributed by atoms with van der Waals surface area (Å²) in [7, 11) is -3.44. The number of sulfonamides is 1. The van der Waals surface area contributed by atoms with E-state index in [1.165, 1.54) is 36.1 Å². The Morgan fingerprint density at radius 3 is 2.32 bits per heavy atom. The second-order valence-corrected chi connectivity index (χ2v) is 7.52. The fraction of sp³-hybridized carbons (Fsp3) is 0.278. The van der Waals surface area contributed by atoms with Gasteiger partial charge in [-0.2, -0.15) is 0 Å². The standard InChI is InChI=1S/C18H21FN2O3S/c1-15(22)21(18-9-7-17(19)8-10-18)13-12-20-25(23,24)14-11-16-5-3-2-4-6-16/h2-10,20H,11-14H2,1H3. The van der Waals surface area contributed by atoms with Crippen molar-refractivity contribution in [3.63, 3.8) is 0 Å². The maximum absolute atomic E-state index is 13.0. The van der Waals surface area contributed by atoms with Gasteiger partial charge < -0.3 is 4.90 Å². The van der Waals surface area contributed by atoms with Crippen molar-refractivity contribution in [3.8, 4) is 0 Å². The number of amides is 1. The molecule has 0 spiro atoms. The highest BCUT2D eigenvalue weighted by Gasteiger charge is 2.14. The summed E-state index contributed by atoms with van der Waals surface area (Å²) in [6, 6.07) is 14.8. The number of carbonyl (C=O) groups excluding carboxylic acids is 1. The number of benzene rings is 2. The molecule has 1 N–H and O–H groups in total. The average molecular weight is 364 g/mol. The van der Waals surface area contributed by atoms with Gasteiger partial charge in [-0.3, -0.25) is 4.79 Å². The third kappa shape index (κ3) is 6.28. The molecule has 0 bridgehead atoms. The highest BCUT2D eigenvalue weighted by Crippen LogP contribution is 2.14. The molecule has 0 aliphatic heterocycles. The van der Waals surface area contributed by atoms with Gasteiger partial charge in [0.15, 0.2) is 0 Å². The van der Waals surface area contributed by atoms with Gasteiger partial charge >= 0.3 is 0 Å². The van der Waals surface area contributed by atoms with Crippen molar-refractivity contribution < 1.29 is 17.6 Å². The number of anilines is 1. The summed E-state index contributed by atoms with van der Waals surface area (Å²) >= 11 is 0. The SMILES string of the molecule is CC(=O)N(CCNS(=O)(=O)CCc1ccccc1)c1ccc(F)cc1. The van der Waals surface area contributed by atoms with E-state index >= 15 is 0 Å². The first-order valence-corrected chi connectivity index (χ1v) is 9.57. The lowest BCUT2D eigenvalue weighted by Gasteiger charge is -2.21. The highest BCUT2D eigenvalue weighted by atomic mass is 32.2. The van der Waals surface area contributed by atoms with Crippen LogP contribution in [0.3, 0.4) is 0 Å². The summed E-state index contributed by atoms with van der Waals surface area (Å²) in [5, 5.41) is 0. The van der Waals surface area contributed by atoms with E-state index in [4.69, 9.17) is 0 Å². The molecular weight excluding hydrogens is 343 g/mol. The van der Waals surface area contributed by atoms with Gasteiger partial charge in [0.25, 0.3) is 0 Å². The molecule has 7 heteroatoms. The van der Waals surface area contributed by atoms with E-state index in [0.29, 0.717) is 12.1 Å². The summed E-state index contributed by atoms with van der Waals surface area (Å²) < 4.78 is 39.6. The molecular formula is C18H21FN2O3S. The van der Waals surface area contributed by atoms with E-state index in [9.17, 15) is 17.6 Å². The topological polar surface area (TPSA) is 66.5 Å². The largest absolute Gasteiger partial charge is 0.311 e. The fourth-order valence-corrected chi connectivity index (χ4v) is 3.42. The van der Waals surface area contributed by atoms with Crippen molar-refractivity contribution in [3.05, 3.63) is 66.0 Å². The van der Waals surface area contributed by atoms with Crippen molar-refractivity contribution in [2.75, 3.05) is 23.7 Å². The Kier molecular flexibility index (Phi) is 6.66. The van der Waals surface area contributed by atoms with E-state index in [2.05, 4.69) is 4.72 Å².